The normalized spacial score (nSPS) is 19.1. The number of benzene rings is 1. The minimum Gasteiger partial charge on any atom is -0.324 e. The van der Waals surface area contributed by atoms with Crippen molar-refractivity contribution in [3.63, 3.8) is 0 Å². The first-order valence-electron chi connectivity index (χ1n) is 7.83. The summed E-state index contributed by atoms with van der Waals surface area (Å²) in [6, 6.07) is 7.05. The van der Waals surface area contributed by atoms with Gasteiger partial charge in [0.05, 0.1) is 4.90 Å². The van der Waals surface area contributed by atoms with E-state index in [4.69, 9.17) is 5.73 Å². The van der Waals surface area contributed by atoms with Gasteiger partial charge in [-0.1, -0.05) is 44.7 Å². The molecule has 0 aliphatic heterocycles. The minimum atomic E-state index is -3.46. The topological polar surface area (TPSA) is 72.2 Å². The molecule has 5 heteroatoms. The highest BCUT2D eigenvalue weighted by Gasteiger charge is 2.28. The Morgan fingerprint density at radius 1 is 1.10 bits per heavy atom. The van der Waals surface area contributed by atoms with Gasteiger partial charge in [0.1, 0.15) is 0 Å². The number of hydrogen-bond acceptors (Lipinski definition) is 3. The lowest BCUT2D eigenvalue weighted by atomic mass is 9.92. The molecule has 1 aliphatic rings. The van der Waals surface area contributed by atoms with Crippen molar-refractivity contribution in [2.45, 2.75) is 62.3 Å². The van der Waals surface area contributed by atoms with Crippen molar-refractivity contribution >= 4 is 10.0 Å². The molecule has 0 radical (unpaired) electrons. The predicted octanol–water partition coefficient (Wildman–Crippen LogP) is 2.58. The molecule has 2 rings (SSSR count). The van der Waals surface area contributed by atoms with E-state index in [1.807, 2.05) is 19.1 Å². The molecule has 1 aliphatic carbocycles. The fourth-order valence-electron chi connectivity index (χ4n) is 2.84. The van der Waals surface area contributed by atoms with Crippen LogP contribution in [0, 0.1) is 0 Å². The van der Waals surface area contributed by atoms with E-state index in [1.54, 1.807) is 12.1 Å². The number of sulfonamides is 1. The fraction of sp³-hybridized carbons (Fsp3) is 0.625. The number of nitrogens with two attached hydrogens (primary N) is 1. The second kappa shape index (κ2) is 6.90. The van der Waals surface area contributed by atoms with Gasteiger partial charge in [0.25, 0.3) is 0 Å². The second-order valence-corrected chi connectivity index (χ2v) is 7.87. The Kier molecular flexibility index (Phi) is 5.41. The zero-order valence-corrected chi connectivity index (χ0v) is 13.6. The third-order valence-electron chi connectivity index (χ3n) is 4.36. The van der Waals surface area contributed by atoms with Crippen LogP contribution in [0.4, 0.5) is 0 Å². The molecule has 1 aromatic carbocycles. The minimum absolute atomic E-state index is 0.317. The third kappa shape index (κ3) is 4.53. The van der Waals surface area contributed by atoms with Gasteiger partial charge in [-0.3, -0.25) is 0 Å². The molecule has 0 bridgehead atoms. The Morgan fingerprint density at radius 3 is 2.19 bits per heavy atom. The van der Waals surface area contributed by atoms with Gasteiger partial charge < -0.3 is 5.73 Å². The summed E-state index contributed by atoms with van der Waals surface area (Å²) >= 11 is 0. The van der Waals surface area contributed by atoms with Crippen LogP contribution in [0.25, 0.3) is 0 Å². The maximum Gasteiger partial charge on any atom is 0.240 e. The van der Waals surface area contributed by atoms with Gasteiger partial charge in [0.2, 0.25) is 10.0 Å². The number of rotatable bonds is 5. The Hall–Kier alpha value is -0.910. The number of aryl methyl sites for hydroxylation is 1. The van der Waals surface area contributed by atoms with Crippen molar-refractivity contribution in [1.82, 2.24) is 4.72 Å². The smallest absolute Gasteiger partial charge is 0.240 e. The van der Waals surface area contributed by atoms with Gasteiger partial charge in [-0.25, -0.2) is 13.1 Å². The van der Waals surface area contributed by atoms with Crippen molar-refractivity contribution in [3.05, 3.63) is 29.8 Å². The van der Waals surface area contributed by atoms with E-state index in [0.29, 0.717) is 11.4 Å². The molecule has 1 aromatic rings. The van der Waals surface area contributed by atoms with Gasteiger partial charge in [-0.15, -0.1) is 0 Å². The van der Waals surface area contributed by atoms with Crippen LogP contribution >= 0.6 is 0 Å². The van der Waals surface area contributed by atoms with Crippen molar-refractivity contribution in [2.75, 3.05) is 6.54 Å². The van der Waals surface area contributed by atoms with Crippen LogP contribution in [-0.4, -0.2) is 20.5 Å². The van der Waals surface area contributed by atoms with Gasteiger partial charge >= 0.3 is 0 Å². The second-order valence-electron chi connectivity index (χ2n) is 6.10. The Morgan fingerprint density at radius 2 is 1.67 bits per heavy atom. The van der Waals surface area contributed by atoms with Crippen molar-refractivity contribution in [1.29, 1.82) is 0 Å². The van der Waals surface area contributed by atoms with Crippen molar-refractivity contribution < 1.29 is 8.42 Å². The van der Waals surface area contributed by atoms with Crippen LogP contribution in [0.1, 0.15) is 51.0 Å². The van der Waals surface area contributed by atoms with Crippen molar-refractivity contribution in [3.8, 4) is 0 Å². The quantitative estimate of drug-likeness (QED) is 0.821. The highest BCUT2D eigenvalue weighted by Crippen LogP contribution is 2.24. The first kappa shape index (κ1) is 16.5. The summed E-state index contributed by atoms with van der Waals surface area (Å²) < 4.78 is 27.4. The summed E-state index contributed by atoms with van der Waals surface area (Å²) in [5.41, 5.74) is 7.10. The third-order valence-corrected chi connectivity index (χ3v) is 5.77. The van der Waals surface area contributed by atoms with Crippen LogP contribution in [-0.2, 0) is 16.4 Å². The number of nitrogens with one attached hydrogen (secondary N) is 1. The zero-order valence-electron chi connectivity index (χ0n) is 12.8. The van der Waals surface area contributed by atoms with E-state index in [2.05, 4.69) is 4.72 Å². The molecule has 0 spiro atoms. The Labute approximate surface area is 128 Å². The molecule has 0 heterocycles. The van der Waals surface area contributed by atoms with Crippen LogP contribution in [0.5, 0.6) is 0 Å². The SMILES string of the molecule is CCc1ccc(S(=O)(=O)NCC2(N)CCCCCC2)cc1. The fourth-order valence-corrected chi connectivity index (χ4v) is 3.97. The molecule has 1 saturated carbocycles. The van der Waals surface area contributed by atoms with E-state index in [0.717, 1.165) is 37.7 Å². The van der Waals surface area contributed by atoms with Crippen LogP contribution < -0.4 is 10.5 Å². The van der Waals surface area contributed by atoms with Gasteiger partial charge in [-0.05, 0) is 37.0 Å². The number of hydrogen-bond donors (Lipinski definition) is 2. The summed E-state index contributed by atoms with van der Waals surface area (Å²) in [6.07, 6.45) is 7.26. The summed E-state index contributed by atoms with van der Waals surface area (Å²) in [6.45, 7) is 2.37. The van der Waals surface area contributed by atoms with Crippen LogP contribution in [0.15, 0.2) is 29.2 Å². The first-order valence-corrected chi connectivity index (χ1v) is 9.31. The molecular weight excluding hydrogens is 284 g/mol. The summed E-state index contributed by atoms with van der Waals surface area (Å²) in [5, 5.41) is 0. The molecule has 0 unspecified atom stereocenters. The molecular formula is C16H26N2O2S. The highest BCUT2D eigenvalue weighted by atomic mass is 32.2. The lowest BCUT2D eigenvalue weighted by molar-refractivity contribution is 0.369. The van der Waals surface area contributed by atoms with E-state index in [1.165, 1.54) is 12.8 Å². The zero-order chi connectivity index (χ0) is 15.3. The van der Waals surface area contributed by atoms with Crippen LogP contribution in [0.3, 0.4) is 0 Å². The summed E-state index contributed by atoms with van der Waals surface area (Å²) in [4.78, 5) is 0.317. The summed E-state index contributed by atoms with van der Waals surface area (Å²) in [7, 11) is -3.46. The van der Waals surface area contributed by atoms with Gasteiger partial charge in [0.15, 0.2) is 0 Å². The predicted molar refractivity (Wildman–Crippen MR) is 85.6 cm³/mol. The standard InChI is InChI=1S/C16H26N2O2S/c1-2-14-7-9-15(10-8-14)21(19,20)18-13-16(17)11-5-3-4-6-12-16/h7-10,18H,2-6,11-13,17H2,1H3. The largest absolute Gasteiger partial charge is 0.324 e. The Bertz CT molecular complexity index is 544. The van der Waals surface area contributed by atoms with E-state index in [-0.39, 0.29) is 0 Å². The monoisotopic (exact) mass is 310 g/mol. The lowest BCUT2D eigenvalue weighted by Crippen LogP contribution is -2.49. The molecule has 0 aromatic heterocycles. The molecule has 118 valence electrons. The summed E-state index contributed by atoms with van der Waals surface area (Å²) in [5.74, 6) is 0. The Balaban J connectivity index is 2.02. The lowest BCUT2D eigenvalue weighted by Gasteiger charge is -2.28. The molecule has 21 heavy (non-hydrogen) atoms. The average Bonchev–Trinajstić information content (AvgIpc) is 2.71. The maximum absolute atomic E-state index is 12.3. The van der Waals surface area contributed by atoms with Gasteiger partial charge in [-0.2, -0.15) is 0 Å². The van der Waals surface area contributed by atoms with E-state index in [9.17, 15) is 8.42 Å². The molecule has 0 atom stereocenters. The van der Waals surface area contributed by atoms with E-state index >= 15 is 0 Å². The maximum atomic E-state index is 12.3. The van der Waals surface area contributed by atoms with Crippen molar-refractivity contribution in [2.24, 2.45) is 5.73 Å². The van der Waals surface area contributed by atoms with Crippen LogP contribution in [0.2, 0.25) is 0 Å². The molecule has 3 N–H and O–H groups in total. The highest BCUT2D eigenvalue weighted by molar-refractivity contribution is 7.89. The van der Waals surface area contributed by atoms with E-state index < -0.39 is 15.6 Å². The molecule has 4 nitrogen and oxygen atoms in total. The first-order chi connectivity index (χ1) is 9.95. The molecule has 0 saturated heterocycles. The molecule has 1 fully saturated rings. The molecule has 0 amide bonds. The average molecular weight is 310 g/mol. The van der Waals surface area contributed by atoms with Gasteiger partial charge in [0, 0.05) is 12.1 Å².